The summed E-state index contributed by atoms with van der Waals surface area (Å²) in [5, 5.41) is 12.5. The second-order valence-electron chi connectivity index (χ2n) is 7.25. The van der Waals surface area contributed by atoms with E-state index in [2.05, 4.69) is 38.1 Å². The number of nitrogens with one attached hydrogen (secondary N) is 4. The van der Waals surface area contributed by atoms with Crippen LogP contribution < -0.4 is 21.3 Å². The zero-order chi connectivity index (χ0) is 20.1. The molecule has 164 valence electrons. The molecule has 0 atom stereocenters. The third-order valence-electron chi connectivity index (χ3n) is 4.42. The molecule has 1 saturated heterocycles. The fourth-order valence-corrected chi connectivity index (χ4v) is 2.82. The van der Waals surface area contributed by atoms with Crippen LogP contribution >= 0.6 is 24.0 Å². The van der Waals surface area contributed by atoms with Crippen molar-refractivity contribution in [3.05, 3.63) is 0 Å². The van der Waals surface area contributed by atoms with Gasteiger partial charge in [0.1, 0.15) is 0 Å². The van der Waals surface area contributed by atoms with Crippen molar-refractivity contribution in [2.45, 2.75) is 53.0 Å². The maximum Gasteiger partial charge on any atom is 0.234 e. The van der Waals surface area contributed by atoms with Gasteiger partial charge in [0.05, 0.1) is 13.1 Å². The lowest BCUT2D eigenvalue weighted by atomic mass is 10.1. The fourth-order valence-electron chi connectivity index (χ4n) is 2.82. The van der Waals surface area contributed by atoms with Crippen molar-refractivity contribution in [1.82, 2.24) is 26.2 Å². The Bertz CT molecular complexity index is 479. The van der Waals surface area contributed by atoms with Crippen molar-refractivity contribution < 1.29 is 9.59 Å². The van der Waals surface area contributed by atoms with E-state index in [1.807, 2.05) is 20.8 Å². The predicted octanol–water partition coefficient (Wildman–Crippen LogP) is 0.922. The first kappa shape index (κ1) is 26.9. The molecule has 28 heavy (non-hydrogen) atoms. The van der Waals surface area contributed by atoms with E-state index in [9.17, 15) is 9.59 Å². The molecule has 0 spiro atoms. The van der Waals surface area contributed by atoms with Crippen molar-refractivity contribution in [3.8, 4) is 0 Å². The van der Waals surface area contributed by atoms with Gasteiger partial charge in [-0.1, -0.05) is 20.8 Å². The Balaban J connectivity index is 0.00000729. The number of aliphatic imine (C=N–C) groups is 1. The predicted molar refractivity (Wildman–Crippen MR) is 125 cm³/mol. The van der Waals surface area contributed by atoms with Crippen LogP contribution in [0.25, 0.3) is 0 Å². The Morgan fingerprint density at radius 1 is 1.07 bits per heavy atom. The summed E-state index contributed by atoms with van der Waals surface area (Å²) in [7, 11) is 0. The van der Waals surface area contributed by atoms with E-state index in [0.29, 0.717) is 25.7 Å². The summed E-state index contributed by atoms with van der Waals surface area (Å²) >= 11 is 0. The highest BCUT2D eigenvalue weighted by molar-refractivity contribution is 14.0. The van der Waals surface area contributed by atoms with Crippen LogP contribution in [0.4, 0.5) is 0 Å². The van der Waals surface area contributed by atoms with Crippen LogP contribution in [0.15, 0.2) is 4.99 Å². The lowest BCUT2D eigenvalue weighted by Crippen LogP contribution is -2.50. The molecule has 4 N–H and O–H groups in total. The summed E-state index contributed by atoms with van der Waals surface area (Å²) in [5.41, 5.74) is 0. The van der Waals surface area contributed by atoms with Gasteiger partial charge in [-0.2, -0.15) is 0 Å². The maximum atomic E-state index is 11.8. The molecule has 1 aliphatic heterocycles. The minimum absolute atomic E-state index is 0. The van der Waals surface area contributed by atoms with E-state index >= 15 is 0 Å². The van der Waals surface area contributed by atoms with E-state index in [4.69, 9.17) is 0 Å². The Labute approximate surface area is 187 Å². The number of hydrogen-bond donors (Lipinski definition) is 4. The number of nitrogens with zero attached hydrogens (tertiary/aromatic N) is 2. The average molecular weight is 510 g/mol. The van der Waals surface area contributed by atoms with Gasteiger partial charge in [0.15, 0.2) is 5.96 Å². The van der Waals surface area contributed by atoms with Gasteiger partial charge in [-0.05, 0) is 26.2 Å². The molecular formula is C19H39IN6O2. The number of carbonyl (C=O) groups is 2. The van der Waals surface area contributed by atoms with E-state index in [-0.39, 0.29) is 41.7 Å². The minimum Gasteiger partial charge on any atom is -0.357 e. The lowest BCUT2D eigenvalue weighted by Gasteiger charge is -2.32. The molecular weight excluding hydrogens is 471 g/mol. The summed E-state index contributed by atoms with van der Waals surface area (Å²) in [6.45, 7) is 12.8. The van der Waals surface area contributed by atoms with E-state index in [0.717, 1.165) is 51.4 Å². The molecule has 0 aliphatic carbocycles. The molecule has 0 aromatic rings. The Morgan fingerprint density at radius 2 is 1.75 bits per heavy atom. The highest BCUT2D eigenvalue weighted by Gasteiger charge is 2.21. The number of likely N-dealkylation sites (tertiary alicyclic amines) is 1. The van der Waals surface area contributed by atoms with Crippen LogP contribution in [-0.4, -0.2) is 74.5 Å². The summed E-state index contributed by atoms with van der Waals surface area (Å²) in [6, 6.07) is 0.350. The molecule has 0 saturated carbocycles. The molecule has 8 nitrogen and oxygen atoms in total. The molecule has 0 aromatic heterocycles. The summed E-state index contributed by atoms with van der Waals surface area (Å²) < 4.78 is 0. The Morgan fingerprint density at radius 3 is 2.32 bits per heavy atom. The second kappa shape index (κ2) is 15.8. The normalized spacial score (nSPS) is 15.7. The number of carbonyl (C=O) groups excluding carboxylic acids is 2. The van der Waals surface area contributed by atoms with Crippen LogP contribution in [0.2, 0.25) is 0 Å². The maximum absolute atomic E-state index is 11.8. The Hall–Kier alpha value is -1.10. The van der Waals surface area contributed by atoms with Gasteiger partial charge in [-0.15, -0.1) is 24.0 Å². The first-order valence-electron chi connectivity index (χ1n) is 10.3. The highest BCUT2D eigenvalue weighted by atomic mass is 127. The third-order valence-corrected chi connectivity index (χ3v) is 4.42. The first-order valence-corrected chi connectivity index (χ1v) is 10.3. The minimum atomic E-state index is -0.00502. The molecule has 0 radical (unpaired) electrons. The largest absolute Gasteiger partial charge is 0.357 e. The van der Waals surface area contributed by atoms with Gasteiger partial charge in [0.25, 0.3) is 0 Å². The van der Waals surface area contributed by atoms with Crippen LogP contribution in [0.1, 0.15) is 47.0 Å². The van der Waals surface area contributed by atoms with Gasteiger partial charge < -0.3 is 21.3 Å². The monoisotopic (exact) mass is 510 g/mol. The second-order valence-corrected chi connectivity index (χ2v) is 7.25. The molecule has 1 heterocycles. The number of piperidine rings is 1. The molecule has 1 rings (SSSR count). The smallest absolute Gasteiger partial charge is 0.234 e. The van der Waals surface area contributed by atoms with E-state index in [1.165, 1.54) is 0 Å². The Kier molecular flexibility index (Phi) is 15.2. The van der Waals surface area contributed by atoms with Crippen molar-refractivity contribution >= 4 is 41.8 Å². The van der Waals surface area contributed by atoms with Gasteiger partial charge in [-0.25, -0.2) is 0 Å². The molecule has 0 aromatic carbocycles. The number of guanidine groups is 1. The summed E-state index contributed by atoms with van der Waals surface area (Å²) in [5.74, 6) is 0.949. The standard InChI is InChI=1S/C19H38N6O2.HI/c1-5-9-21-17(26)14-25-12-7-16(8-13-25)24-19(20-6-2)23-11-10-22-18(27)15(3)4;/h15-16H,5-14H2,1-4H3,(H,21,26)(H,22,27)(H2,20,23,24);1H. The third kappa shape index (κ3) is 11.7. The molecule has 9 heteroatoms. The van der Waals surface area contributed by atoms with Crippen molar-refractivity contribution in [2.75, 3.05) is 45.8 Å². The summed E-state index contributed by atoms with van der Waals surface area (Å²) in [6.07, 6.45) is 2.93. The quantitative estimate of drug-likeness (QED) is 0.152. The topological polar surface area (TPSA) is 97.9 Å². The van der Waals surface area contributed by atoms with Gasteiger partial charge in [0.2, 0.25) is 11.8 Å². The van der Waals surface area contributed by atoms with Gasteiger partial charge in [0, 0.05) is 44.7 Å². The zero-order valence-electron chi connectivity index (χ0n) is 17.8. The molecule has 1 aliphatic rings. The summed E-state index contributed by atoms with van der Waals surface area (Å²) in [4.78, 5) is 30.1. The number of amides is 2. The van der Waals surface area contributed by atoms with Crippen molar-refractivity contribution in [1.29, 1.82) is 0 Å². The van der Waals surface area contributed by atoms with Crippen LogP contribution in [0, 0.1) is 5.92 Å². The van der Waals surface area contributed by atoms with Gasteiger partial charge >= 0.3 is 0 Å². The molecule has 0 unspecified atom stereocenters. The molecule has 0 bridgehead atoms. The van der Waals surface area contributed by atoms with E-state index in [1.54, 1.807) is 0 Å². The van der Waals surface area contributed by atoms with Crippen LogP contribution in [-0.2, 0) is 9.59 Å². The van der Waals surface area contributed by atoms with Crippen LogP contribution in [0.5, 0.6) is 0 Å². The fraction of sp³-hybridized carbons (Fsp3) is 0.842. The van der Waals surface area contributed by atoms with E-state index < -0.39 is 0 Å². The van der Waals surface area contributed by atoms with Crippen molar-refractivity contribution in [2.24, 2.45) is 10.9 Å². The van der Waals surface area contributed by atoms with Gasteiger partial charge in [-0.3, -0.25) is 19.5 Å². The molecule has 2 amide bonds. The highest BCUT2D eigenvalue weighted by Crippen LogP contribution is 2.09. The zero-order valence-corrected chi connectivity index (χ0v) is 20.2. The van der Waals surface area contributed by atoms with Crippen LogP contribution in [0.3, 0.4) is 0 Å². The molecule has 1 fully saturated rings. The number of halogens is 1. The lowest BCUT2D eigenvalue weighted by molar-refractivity contribution is -0.124. The first-order chi connectivity index (χ1) is 13.0. The number of hydrogen-bond acceptors (Lipinski definition) is 4. The SMILES string of the molecule is CCCNC(=O)CN1CCC(NC(=NCCNC(=O)C(C)C)NCC)CC1.I. The van der Waals surface area contributed by atoms with Crippen molar-refractivity contribution in [3.63, 3.8) is 0 Å². The average Bonchev–Trinajstić information content (AvgIpc) is 2.64. The number of rotatable bonds is 10.